The molecule has 5 heteroatoms. The summed E-state index contributed by atoms with van der Waals surface area (Å²) >= 11 is 6.17. The van der Waals surface area contributed by atoms with Gasteiger partial charge in [-0.15, -0.1) is 0 Å². The normalized spacial score (nSPS) is 11.0. The molecule has 0 radical (unpaired) electrons. The SMILES string of the molecule is O=C(Cc1cccc2ccccc12)N/N=C\c1cccc(OCc2ccccc2Cl)c1. The lowest BCUT2D eigenvalue weighted by atomic mass is 10.0. The summed E-state index contributed by atoms with van der Waals surface area (Å²) in [5, 5.41) is 6.96. The molecule has 0 aromatic heterocycles. The number of hydrazone groups is 1. The van der Waals surface area contributed by atoms with Crippen LogP contribution in [0.1, 0.15) is 16.7 Å². The van der Waals surface area contributed by atoms with E-state index in [1.165, 1.54) is 0 Å². The molecule has 0 unspecified atom stereocenters. The Morgan fingerprint density at radius 2 is 1.65 bits per heavy atom. The zero-order valence-corrected chi connectivity index (χ0v) is 17.5. The van der Waals surface area contributed by atoms with E-state index >= 15 is 0 Å². The zero-order valence-electron chi connectivity index (χ0n) is 16.8. The van der Waals surface area contributed by atoms with Gasteiger partial charge in [-0.2, -0.15) is 5.10 Å². The summed E-state index contributed by atoms with van der Waals surface area (Å²) in [6, 6.07) is 29.1. The molecule has 4 rings (SSSR count). The lowest BCUT2D eigenvalue weighted by Gasteiger charge is -2.08. The summed E-state index contributed by atoms with van der Waals surface area (Å²) in [5.74, 6) is 0.532. The van der Waals surface area contributed by atoms with Crippen LogP contribution in [0, 0.1) is 0 Å². The van der Waals surface area contributed by atoms with Crippen LogP contribution in [-0.2, 0) is 17.8 Å². The first-order valence-corrected chi connectivity index (χ1v) is 10.3. The number of ether oxygens (including phenoxy) is 1. The Kier molecular flexibility index (Phi) is 6.60. The summed E-state index contributed by atoms with van der Waals surface area (Å²) in [7, 11) is 0. The van der Waals surface area contributed by atoms with Gasteiger partial charge in [0.1, 0.15) is 12.4 Å². The van der Waals surface area contributed by atoms with Crippen LogP contribution in [0.4, 0.5) is 0 Å². The van der Waals surface area contributed by atoms with Gasteiger partial charge in [-0.05, 0) is 40.1 Å². The Morgan fingerprint density at radius 1 is 0.903 bits per heavy atom. The van der Waals surface area contributed by atoms with Gasteiger partial charge in [0.25, 0.3) is 0 Å². The van der Waals surface area contributed by atoms with E-state index in [9.17, 15) is 4.79 Å². The second kappa shape index (κ2) is 9.92. The molecule has 0 atom stereocenters. The van der Waals surface area contributed by atoms with E-state index in [1.54, 1.807) is 6.21 Å². The highest BCUT2D eigenvalue weighted by Crippen LogP contribution is 2.20. The van der Waals surface area contributed by atoms with Crippen LogP contribution in [0.5, 0.6) is 5.75 Å². The number of amides is 1. The standard InChI is InChI=1S/C26H21ClN2O2/c27-25-14-4-2-9-22(25)18-31-23-12-5-7-19(15-23)17-28-29-26(30)16-21-11-6-10-20-8-1-3-13-24(20)21/h1-15,17H,16,18H2,(H,29,30)/b28-17-. The van der Waals surface area contributed by atoms with Crippen molar-refractivity contribution in [1.29, 1.82) is 0 Å². The first-order chi connectivity index (χ1) is 15.2. The van der Waals surface area contributed by atoms with Crippen molar-refractivity contribution < 1.29 is 9.53 Å². The molecule has 4 aromatic rings. The molecular weight excluding hydrogens is 408 g/mol. The van der Waals surface area contributed by atoms with Gasteiger partial charge in [-0.25, -0.2) is 5.43 Å². The smallest absolute Gasteiger partial charge is 0.244 e. The van der Waals surface area contributed by atoms with Crippen molar-refractivity contribution >= 4 is 34.5 Å². The first-order valence-electron chi connectivity index (χ1n) is 9.94. The maximum Gasteiger partial charge on any atom is 0.244 e. The number of nitrogens with one attached hydrogen (secondary N) is 1. The molecular formula is C26H21ClN2O2. The second-order valence-corrected chi connectivity index (χ2v) is 7.47. The average molecular weight is 429 g/mol. The van der Waals surface area contributed by atoms with Crippen LogP contribution < -0.4 is 10.2 Å². The highest BCUT2D eigenvalue weighted by atomic mass is 35.5. The molecule has 0 spiro atoms. The van der Waals surface area contributed by atoms with Crippen molar-refractivity contribution in [3.63, 3.8) is 0 Å². The van der Waals surface area contributed by atoms with E-state index in [4.69, 9.17) is 16.3 Å². The summed E-state index contributed by atoms with van der Waals surface area (Å²) < 4.78 is 5.83. The summed E-state index contributed by atoms with van der Waals surface area (Å²) in [6.07, 6.45) is 1.86. The number of rotatable bonds is 7. The van der Waals surface area contributed by atoms with Gasteiger partial charge in [0.05, 0.1) is 12.6 Å². The van der Waals surface area contributed by atoms with Crippen molar-refractivity contribution in [2.75, 3.05) is 0 Å². The van der Waals surface area contributed by atoms with E-state index in [1.807, 2.05) is 91.0 Å². The molecule has 0 heterocycles. The molecule has 4 nitrogen and oxygen atoms in total. The molecule has 0 fully saturated rings. The van der Waals surface area contributed by atoms with Gasteiger partial charge in [0.2, 0.25) is 5.91 Å². The van der Waals surface area contributed by atoms with Gasteiger partial charge in [0, 0.05) is 10.6 Å². The van der Waals surface area contributed by atoms with Crippen LogP contribution in [0.3, 0.4) is 0 Å². The van der Waals surface area contributed by atoms with Crippen molar-refractivity contribution in [3.05, 3.63) is 113 Å². The Morgan fingerprint density at radius 3 is 2.55 bits per heavy atom. The molecule has 0 saturated carbocycles. The lowest BCUT2D eigenvalue weighted by Crippen LogP contribution is -2.19. The predicted molar refractivity (Wildman–Crippen MR) is 126 cm³/mol. The molecule has 1 N–H and O–H groups in total. The minimum absolute atomic E-state index is 0.168. The number of halogens is 1. The molecule has 0 aliphatic heterocycles. The zero-order chi connectivity index (χ0) is 21.5. The van der Waals surface area contributed by atoms with E-state index in [0.717, 1.165) is 27.5 Å². The molecule has 4 aromatic carbocycles. The first kappa shape index (κ1) is 20.6. The maximum absolute atomic E-state index is 12.3. The van der Waals surface area contributed by atoms with E-state index in [0.29, 0.717) is 17.4 Å². The van der Waals surface area contributed by atoms with E-state index in [2.05, 4.69) is 10.5 Å². The van der Waals surface area contributed by atoms with E-state index in [-0.39, 0.29) is 12.3 Å². The quantitative estimate of drug-likeness (QED) is 0.300. The van der Waals surface area contributed by atoms with Crippen LogP contribution in [-0.4, -0.2) is 12.1 Å². The van der Waals surface area contributed by atoms with Gasteiger partial charge >= 0.3 is 0 Å². The molecule has 31 heavy (non-hydrogen) atoms. The molecule has 0 bridgehead atoms. The summed E-state index contributed by atoms with van der Waals surface area (Å²) in [6.45, 7) is 0.377. The maximum atomic E-state index is 12.3. The van der Waals surface area contributed by atoms with Gasteiger partial charge in [0.15, 0.2) is 0 Å². The third kappa shape index (κ3) is 5.50. The lowest BCUT2D eigenvalue weighted by molar-refractivity contribution is -0.120. The van der Waals surface area contributed by atoms with Crippen LogP contribution in [0.2, 0.25) is 5.02 Å². The molecule has 0 saturated heterocycles. The number of carbonyl (C=O) groups is 1. The number of benzene rings is 4. The largest absolute Gasteiger partial charge is 0.489 e. The fraction of sp³-hybridized carbons (Fsp3) is 0.0769. The van der Waals surface area contributed by atoms with E-state index < -0.39 is 0 Å². The fourth-order valence-corrected chi connectivity index (χ4v) is 3.49. The highest BCUT2D eigenvalue weighted by Gasteiger charge is 2.06. The number of hydrogen-bond acceptors (Lipinski definition) is 3. The summed E-state index contributed by atoms with van der Waals surface area (Å²) in [5.41, 5.74) is 5.32. The molecule has 0 aliphatic carbocycles. The van der Waals surface area contributed by atoms with Crippen molar-refractivity contribution in [2.24, 2.45) is 5.10 Å². The average Bonchev–Trinajstić information content (AvgIpc) is 2.79. The molecule has 154 valence electrons. The predicted octanol–water partition coefficient (Wildman–Crippen LogP) is 5.77. The Hall–Kier alpha value is -3.63. The highest BCUT2D eigenvalue weighted by molar-refractivity contribution is 6.31. The Bertz CT molecular complexity index is 1230. The Balaban J connectivity index is 1.35. The topological polar surface area (TPSA) is 50.7 Å². The number of hydrogen-bond donors (Lipinski definition) is 1. The van der Waals surface area contributed by atoms with Crippen LogP contribution in [0.15, 0.2) is 96.1 Å². The third-order valence-corrected chi connectivity index (χ3v) is 5.21. The third-order valence-electron chi connectivity index (χ3n) is 4.84. The molecule has 0 aliphatic rings. The van der Waals surface area contributed by atoms with Crippen molar-refractivity contribution in [2.45, 2.75) is 13.0 Å². The van der Waals surface area contributed by atoms with Crippen LogP contribution in [0.25, 0.3) is 10.8 Å². The number of nitrogens with zero attached hydrogens (tertiary/aromatic N) is 1. The summed E-state index contributed by atoms with van der Waals surface area (Å²) in [4.78, 5) is 12.3. The van der Waals surface area contributed by atoms with Crippen molar-refractivity contribution in [3.8, 4) is 5.75 Å². The van der Waals surface area contributed by atoms with Gasteiger partial charge in [-0.1, -0.05) is 84.4 Å². The second-order valence-electron chi connectivity index (χ2n) is 7.06. The monoisotopic (exact) mass is 428 g/mol. The van der Waals surface area contributed by atoms with Crippen LogP contribution >= 0.6 is 11.6 Å². The molecule has 1 amide bonds. The van der Waals surface area contributed by atoms with Crippen molar-refractivity contribution in [1.82, 2.24) is 5.43 Å². The van der Waals surface area contributed by atoms with Gasteiger partial charge < -0.3 is 4.74 Å². The minimum atomic E-state index is -0.168. The van der Waals surface area contributed by atoms with Gasteiger partial charge in [-0.3, -0.25) is 4.79 Å². The minimum Gasteiger partial charge on any atom is -0.489 e. The number of fused-ring (bicyclic) bond motifs is 1. The fourth-order valence-electron chi connectivity index (χ4n) is 3.30. The number of carbonyl (C=O) groups excluding carboxylic acids is 1. The Labute approximate surface area is 186 Å².